The number of nitrogens with one attached hydrogen (secondary N) is 1. The first kappa shape index (κ1) is 24.3. The molecular formula is C30H32ClN5. The van der Waals surface area contributed by atoms with E-state index in [0.29, 0.717) is 5.82 Å². The Hall–Kier alpha value is -3.41. The highest BCUT2D eigenvalue weighted by Crippen LogP contribution is 2.35. The fraction of sp³-hybridized carbons (Fsp3) is 0.267. The Bertz CT molecular complexity index is 1520. The summed E-state index contributed by atoms with van der Waals surface area (Å²) in [5, 5.41) is 6.41. The van der Waals surface area contributed by atoms with Crippen molar-refractivity contribution in [1.82, 2.24) is 19.4 Å². The molecule has 5 rings (SSSR count). The van der Waals surface area contributed by atoms with Gasteiger partial charge in [-0.15, -0.1) is 0 Å². The van der Waals surface area contributed by atoms with Crippen LogP contribution in [0.2, 0.25) is 5.02 Å². The van der Waals surface area contributed by atoms with Gasteiger partial charge in [-0.05, 0) is 64.2 Å². The normalized spacial score (nSPS) is 11.6. The fourth-order valence-corrected chi connectivity index (χ4v) is 4.94. The number of aryl methyl sites for hydroxylation is 2. The molecule has 0 aliphatic rings. The zero-order chi connectivity index (χ0) is 25.2. The summed E-state index contributed by atoms with van der Waals surface area (Å²) >= 11 is 6.74. The van der Waals surface area contributed by atoms with Crippen molar-refractivity contribution in [3.05, 3.63) is 88.6 Å². The van der Waals surface area contributed by atoms with E-state index in [9.17, 15) is 0 Å². The van der Waals surface area contributed by atoms with Crippen LogP contribution < -0.4 is 5.32 Å². The van der Waals surface area contributed by atoms with Crippen LogP contribution in [-0.2, 0) is 6.54 Å². The summed E-state index contributed by atoms with van der Waals surface area (Å²) in [6, 6.07) is 21.0. The molecule has 0 atom stereocenters. The average molecular weight is 498 g/mol. The van der Waals surface area contributed by atoms with Crippen molar-refractivity contribution in [3.8, 4) is 11.4 Å². The molecule has 3 aromatic carbocycles. The Balaban J connectivity index is 1.62. The summed E-state index contributed by atoms with van der Waals surface area (Å²) in [5.41, 5.74) is 6.57. The zero-order valence-corrected chi connectivity index (χ0v) is 22.1. The predicted molar refractivity (Wildman–Crippen MR) is 152 cm³/mol. The standard InChI is InChI=1S/C30H32ClN5/c1-20-12-14-22(15-13-20)18-36-19-25(23-9-6-11-26(31)28(23)36)30-33-27-21(2)8-5-10-24(27)29(34-30)32-16-7-17-35(3)4/h5-6,8-15,19H,7,16-18H2,1-4H3,(H,32,33,34). The second kappa shape index (κ2) is 10.3. The quantitative estimate of drug-likeness (QED) is 0.236. The number of hydrogen-bond donors (Lipinski definition) is 1. The molecule has 0 fully saturated rings. The molecule has 5 aromatic rings. The van der Waals surface area contributed by atoms with E-state index >= 15 is 0 Å². The molecular weight excluding hydrogens is 466 g/mol. The lowest BCUT2D eigenvalue weighted by molar-refractivity contribution is 0.405. The third-order valence-corrected chi connectivity index (χ3v) is 6.87. The molecule has 36 heavy (non-hydrogen) atoms. The first-order valence-electron chi connectivity index (χ1n) is 12.4. The van der Waals surface area contributed by atoms with Gasteiger partial charge in [0.15, 0.2) is 5.82 Å². The summed E-state index contributed by atoms with van der Waals surface area (Å²) in [6.07, 6.45) is 3.18. The number of para-hydroxylation sites is 2. The van der Waals surface area contributed by atoms with Gasteiger partial charge in [-0.25, -0.2) is 9.97 Å². The Morgan fingerprint density at radius 3 is 2.44 bits per heavy atom. The summed E-state index contributed by atoms with van der Waals surface area (Å²) in [7, 11) is 4.19. The van der Waals surface area contributed by atoms with Crippen LogP contribution >= 0.6 is 11.6 Å². The maximum absolute atomic E-state index is 6.74. The van der Waals surface area contributed by atoms with Gasteiger partial charge in [-0.3, -0.25) is 0 Å². The molecule has 0 amide bonds. The average Bonchev–Trinajstić information content (AvgIpc) is 3.23. The molecule has 0 unspecified atom stereocenters. The van der Waals surface area contributed by atoms with Crippen molar-refractivity contribution >= 4 is 39.2 Å². The van der Waals surface area contributed by atoms with Gasteiger partial charge >= 0.3 is 0 Å². The molecule has 1 N–H and O–H groups in total. The van der Waals surface area contributed by atoms with Gasteiger partial charge in [0.2, 0.25) is 0 Å². The van der Waals surface area contributed by atoms with Crippen LogP contribution in [0.1, 0.15) is 23.1 Å². The Kier molecular flexibility index (Phi) is 6.95. The van der Waals surface area contributed by atoms with Crippen molar-refractivity contribution in [2.24, 2.45) is 0 Å². The molecule has 0 spiro atoms. The highest BCUT2D eigenvalue weighted by Gasteiger charge is 2.18. The molecule has 0 aliphatic heterocycles. The molecule has 0 radical (unpaired) electrons. The van der Waals surface area contributed by atoms with E-state index < -0.39 is 0 Å². The van der Waals surface area contributed by atoms with E-state index in [2.05, 4.69) is 97.5 Å². The van der Waals surface area contributed by atoms with E-state index in [1.165, 1.54) is 11.1 Å². The summed E-state index contributed by atoms with van der Waals surface area (Å²) in [6.45, 7) is 6.80. The lowest BCUT2D eigenvalue weighted by Gasteiger charge is -2.13. The molecule has 5 nitrogen and oxygen atoms in total. The smallest absolute Gasteiger partial charge is 0.164 e. The number of halogens is 1. The van der Waals surface area contributed by atoms with Gasteiger partial charge in [0.25, 0.3) is 0 Å². The van der Waals surface area contributed by atoms with Crippen molar-refractivity contribution in [1.29, 1.82) is 0 Å². The zero-order valence-electron chi connectivity index (χ0n) is 21.3. The summed E-state index contributed by atoms with van der Waals surface area (Å²) in [4.78, 5) is 12.3. The van der Waals surface area contributed by atoms with Crippen molar-refractivity contribution in [2.75, 3.05) is 32.5 Å². The third-order valence-electron chi connectivity index (χ3n) is 6.57. The third kappa shape index (κ3) is 4.95. The molecule has 0 bridgehead atoms. The van der Waals surface area contributed by atoms with Crippen LogP contribution in [-0.4, -0.2) is 46.6 Å². The monoisotopic (exact) mass is 497 g/mol. The van der Waals surface area contributed by atoms with Gasteiger partial charge in [0.05, 0.1) is 16.1 Å². The Morgan fingerprint density at radius 1 is 0.917 bits per heavy atom. The first-order valence-corrected chi connectivity index (χ1v) is 12.8. The van der Waals surface area contributed by atoms with Crippen molar-refractivity contribution in [3.63, 3.8) is 0 Å². The molecule has 2 heterocycles. The molecule has 0 saturated carbocycles. The maximum atomic E-state index is 6.74. The molecule has 0 saturated heterocycles. The van der Waals surface area contributed by atoms with Gasteiger partial charge in [-0.2, -0.15) is 0 Å². The minimum atomic E-state index is 0.710. The van der Waals surface area contributed by atoms with E-state index in [-0.39, 0.29) is 0 Å². The van der Waals surface area contributed by atoms with Crippen LogP contribution in [0.3, 0.4) is 0 Å². The Morgan fingerprint density at radius 2 is 1.67 bits per heavy atom. The van der Waals surface area contributed by atoms with E-state index in [0.717, 1.165) is 69.8 Å². The fourth-order valence-electron chi connectivity index (χ4n) is 4.66. The van der Waals surface area contributed by atoms with Crippen LogP contribution in [0, 0.1) is 13.8 Å². The maximum Gasteiger partial charge on any atom is 0.164 e. The lowest BCUT2D eigenvalue weighted by Crippen LogP contribution is -2.17. The van der Waals surface area contributed by atoms with Gasteiger partial charge in [-0.1, -0.05) is 65.7 Å². The highest BCUT2D eigenvalue weighted by molar-refractivity contribution is 6.35. The van der Waals surface area contributed by atoms with E-state index in [1.807, 2.05) is 12.1 Å². The molecule has 184 valence electrons. The van der Waals surface area contributed by atoms with Crippen molar-refractivity contribution in [2.45, 2.75) is 26.8 Å². The summed E-state index contributed by atoms with van der Waals surface area (Å²) < 4.78 is 2.22. The van der Waals surface area contributed by atoms with Crippen LogP contribution in [0.15, 0.2) is 66.9 Å². The van der Waals surface area contributed by atoms with Crippen LogP contribution in [0.4, 0.5) is 5.82 Å². The van der Waals surface area contributed by atoms with Crippen LogP contribution in [0.5, 0.6) is 0 Å². The molecule has 0 aliphatic carbocycles. The molecule has 2 aromatic heterocycles. The van der Waals surface area contributed by atoms with Gasteiger partial charge in [0, 0.05) is 35.6 Å². The highest BCUT2D eigenvalue weighted by atomic mass is 35.5. The minimum absolute atomic E-state index is 0.710. The van der Waals surface area contributed by atoms with E-state index in [1.54, 1.807) is 0 Å². The number of benzene rings is 3. The SMILES string of the molecule is Cc1ccc(Cn2cc(-c3nc(NCCCN(C)C)c4cccc(C)c4n3)c3cccc(Cl)c32)cc1. The second-order valence-corrected chi connectivity index (χ2v) is 10.1. The largest absolute Gasteiger partial charge is 0.369 e. The number of hydrogen-bond acceptors (Lipinski definition) is 4. The van der Waals surface area contributed by atoms with Crippen LogP contribution in [0.25, 0.3) is 33.2 Å². The first-order chi connectivity index (χ1) is 17.4. The number of aromatic nitrogens is 3. The number of rotatable bonds is 8. The predicted octanol–water partition coefficient (Wildman–Crippen LogP) is 6.93. The van der Waals surface area contributed by atoms with Crippen molar-refractivity contribution < 1.29 is 0 Å². The Labute approximate surface area is 217 Å². The molecule has 6 heteroatoms. The van der Waals surface area contributed by atoms with Gasteiger partial charge in [0.1, 0.15) is 5.82 Å². The second-order valence-electron chi connectivity index (χ2n) is 9.74. The lowest BCUT2D eigenvalue weighted by atomic mass is 10.1. The summed E-state index contributed by atoms with van der Waals surface area (Å²) in [5.74, 6) is 1.58. The topological polar surface area (TPSA) is 46.0 Å². The van der Waals surface area contributed by atoms with E-state index in [4.69, 9.17) is 21.6 Å². The number of anilines is 1. The minimum Gasteiger partial charge on any atom is -0.369 e. The number of nitrogens with zero attached hydrogens (tertiary/aromatic N) is 4. The number of fused-ring (bicyclic) bond motifs is 2. The van der Waals surface area contributed by atoms with Gasteiger partial charge < -0.3 is 14.8 Å².